The van der Waals surface area contributed by atoms with E-state index in [1.807, 2.05) is 22.6 Å². The van der Waals surface area contributed by atoms with Crippen molar-refractivity contribution in [3.05, 3.63) is 22.7 Å². The Morgan fingerprint density at radius 1 is 1.45 bits per heavy atom. The van der Waals surface area contributed by atoms with Gasteiger partial charge >= 0.3 is 0 Å². The minimum atomic E-state index is -1.71. The number of nitrogens with zero attached hydrogens (tertiary/aromatic N) is 4. The molecule has 4 atom stereocenters. The third-order valence-electron chi connectivity index (χ3n) is 3.37. The summed E-state index contributed by atoms with van der Waals surface area (Å²) < 4.78 is 5.68. The largest absolute Gasteiger partial charge is 0.387 e. The molecule has 0 unspecified atom stereocenters. The second-order valence-electron chi connectivity index (χ2n) is 5.03. The van der Waals surface area contributed by atoms with Crippen molar-refractivity contribution in [2.75, 3.05) is 4.43 Å². The Bertz CT molecular complexity index is 550. The van der Waals surface area contributed by atoms with Crippen molar-refractivity contribution in [1.29, 1.82) is 0 Å². The van der Waals surface area contributed by atoms with E-state index in [0.717, 1.165) is 11.0 Å². The van der Waals surface area contributed by atoms with Crippen LogP contribution in [0.25, 0.3) is 10.4 Å². The van der Waals surface area contributed by atoms with Gasteiger partial charge in [-0.3, -0.25) is 14.5 Å². The number of alkyl halides is 1. The van der Waals surface area contributed by atoms with Crippen molar-refractivity contribution in [2.24, 2.45) is 5.11 Å². The molecule has 1 aliphatic rings. The smallest absolute Gasteiger partial charge is 0.225 e. The summed E-state index contributed by atoms with van der Waals surface area (Å²) in [5.41, 5.74) is 5.27. The van der Waals surface area contributed by atoms with E-state index in [0.29, 0.717) is 0 Å². The monoisotopic (exact) mass is 424 g/mol. The van der Waals surface area contributed by atoms with E-state index >= 15 is 0 Å². The molecule has 10 heteroatoms. The number of carbonyl (C=O) groups excluding carboxylic acids is 2. The zero-order chi connectivity index (χ0) is 17.1. The van der Waals surface area contributed by atoms with Gasteiger partial charge in [-0.15, -0.1) is 0 Å². The number of aliphatic hydroxyl groups excluding tert-OH is 2. The molecule has 1 heterocycles. The highest BCUT2D eigenvalue weighted by Crippen LogP contribution is 2.43. The van der Waals surface area contributed by atoms with Crippen LogP contribution in [0, 0.1) is 0 Å². The SMILES string of the molecule is CC(=O)/C=C\N(C(C)=O)[C@]1(C)O[C@@](CI)(N=[N+]=[N-])[C@@H](O)[C@H]1O. The number of carbonyl (C=O) groups is 2. The molecule has 0 aromatic heterocycles. The highest BCUT2D eigenvalue weighted by Gasteiger charge is 2.62. The topological polar surface area (TPSA) is 136 Å². The maximum absolute atomic E-state index is 11.8. The molecule has 0 radical (unpaired) electrons. The molecule has 0 aromatic carbocycles. The van der Waals surface area contributed by atoms with Crippen molar-refractivity contribution in [3.8, 4) is 0 Å². The summed E-state index contributed by atoms with van der Waals surface area (Å²) in [4.78, 5) is 26.5. The lowest BCUT2D eigenvalue weighted by atomic mass is 10.0. The first-order valence-electron chi connectivity index (χ1n) is 6.32. The molecular formula is C12H17IN4O5. The van der Waals surface area contributed by atoms with Crippen molar-refractivity contribution in [3.63, 3.8) is 0 Å². The first-order chi connectivity index (χ1) is 10.1. The minimum Gasteiger partial charge on any atom is -0.387 e. The third kappa shape index (κ3) is 3.25. The molecular weight excluding hydrogens is 407 g/mol. The van der Waals surface area contributed by atoms with Crippen molar-refractivity contribution in [2.45, 2.75) is 44.4 Å². The van der Waals surface area contributed by atoms with Crippen LogP contribution in [0.15, 0.2) is 17.4 Å². The highest BCUT2D eigenvalue weighted by molar-refractivity contribution is 14.1. The molecule has 0 aliphatic carbocycles. The summed E-state index contributed by atoms with van der Waals surface area (Å²) in [6.45, 7) is 3.89. The molecule has 9 nitrogen and oxygen atoms in total. The Balaban J connectivity index is 3.33. The van der Waals surface area contributed by atoms with Crippen LogP contribution in [0.1, 0.15) is 20.8 Å². The predicted octanol–water partition coefficient (Wildman–Crippen LogP) is 0.847. The Labute approximate surface area is 140 Å². The predicted molar refractivity (Wildman–Crippen MR) is 84.6 cm³/mol. The molecule has 0 saturated carbocycles. The van der Waals surface area contributed by atoms with Gasteiger partial charge in [0.2, 0.25) is 5.91 Å². The van der Waals surface area contributed by atoms with Gasteiger partial charge in [-0.05, 0) is 25.5 Å². The Morgan fingerprint density at radius 3 is 2.45 bits per heavy atom. The number of azide groups is 1. The van der Waals surface area contributed by atoms with E-state index in [-0.39, 0.29) is 10.2 Å². The summed E-state index contributed by atoms with van der Waals surface area (Å²) in [7, 11) is 0. The maximum atomic E-state index is 11.8. The second kappa shape index (κ2) is 6.92. The number of ketones is 1. The van der Waals surface area contributed by atoms with Gasteiger partial charge in [0.05, 0.1) is 0 Å². The van der Waals surface area contributed by atoms with E-state index < -0.39 is 29.6 Å². The van der Waals surface area contributed by atoms with Crippen LogP contribution in [0.3, 0.4) is 0 Å². The van der Waals surface area contributed by atoms with Gasteiger partial charge in [0, 0.05) is 22.5 Å². The van der Waals surface area contributed by atoms with Crippen LogP contribution < -0.4 is 0 Å². The number of allylic oxidation sites excluding steroid dienone is 1. The van der Waals surface area contributed by atoms with Crippen LogP contribution in [-0.2, 0) is 14.3 Å². The van der Waals surface area contributed by atoms with E-state index in [1.54, 1.807) is 0 Å². The van der Waals surface area contributed by atoms with E-state index in [1.165, 1.54) is 27.0 Å². The fourth-order valence-corrected chi connectivity index (χ4v) is 3.00. The number of rotatable bonds is 5. The maximum Gasteiger partial charge on any atom is 0.225 e. The number of amides is 1. The molecule has 1 amide bonds. The van der Waals surface area contributed by atoms with Crippen molar-refractivity contribution < 1.29 is 24.5 Å². The van der Waals surface area contributed by atoms with Crippen LogP contribution in [0.4, 0.5) is 0 Å². The lowest BCUT2D eigenvalue weighted by molar-refractivity contribution is -0.184. The van der Waals surface area contributed by atoms with Crippen molar-refractivity contribution in [1.82, 2.24) is 4.90 Å². The summed E-state index contributed by atoms with van der Waals surface area (Å²) in [6, 6.07) is 0. The molecule has 1 aliphatic heterocycles. The van der Waals surface area contributed by atoms with Gasteiger partial charge in [-0.2, -0.15) is 0 Å². The van der Waals surface area contributed by atoms with Crippen LogP contribution in [0.2, 0.25) is 0 Å². The van der Waals surface area contributed by atoms with E-state index in [4.69, 9.17) is 10.3 Å². The fourth-order valence-electron chi connectivity index (χ4n) is 2.24. The number of aliphatic hydroxyl groups is 2. The molecule has 0 aromatic rings. The number of hydrogen-bond acceptors (Lipinski definition) is 6. The van der Waals surface area contributed by atoms with Crippen LogP contribution in [0.5, 0.6) is 0 Å². The lowest BCUT2D eigenvalue weighted by Crippen LogP contribution is -2.54. The molecule has 122 valence electrons. The number of halogens is 1. The Hall–Kier alpha value is -1.20. The van der Waals surface area contributed by atoms with Gasteiger partial charge in [-0.25, -0.2) is 0 Å². The summed E-state index contributed by atoms with van der Waals surface area (Å²) in [6.07, 6.45) is -0.765. The molecule has 1 fully saturated rings. The summed E-state index contributed by atoms with van der Waals surface area (Å²) >= 11 is 1.84. The van der Waals surface area contributed by atoms with Gasteiger partial charge < -0.3 is 14.9 Å². The average molecular weight is 424 g/mol. The summed E-state index contributed by atoms with van der Waals surface area (Å²) in [5.74, 6) is -0.825. The summed E-state index contributed by atoms with van der Waals surface area (Å²) in [5, 5.41) is 24.0. The quantitative estimate of drug-likeness (QED) is 0.168. The average Bonchev–Trinajstić information content (AvgIpc) is 2.61. The van der Waals surface area contributed by atoms with Gasteiger partial charge in [-0.1, -0.05) is 27.7 Å². The zero-order valence-electron chi connectivity index (χ0n) is 12.3. The first kappa shape index (κ1) is 18.8. The number of hydrogen-bond donors (Lipinski definition) is 2. The van der Waals surface area contributed by atoms with E-state index in [9.17, 15) is 19.8 Å². The Morgan fingerprint density at radius 2 is 2.05 bits per heavy atom. The zero-order valence-corrected chi connectivity index (χ0v) is 14.5. The molecule has 22 heavy (non-hydrogen) atoms. The molecule has 0 spiro atoms. The standard InChI is InChI=1S/C12H17IN4O5/c1-7(18)4-5-17(8(2)19)11(3)9(20)10(21)12(6-13,22-11)15-16-14/h4-5,9-10,20-21H,6H2,1-3H3/b5-4-/t9-,10+,11-,12-/m1/s1. The molecule has 1 saturated heterocycles. The minimum absolute atomic E-state index is 0.0603. The lowest BCUT2D eigenvalue weighted by Gasteiger charge is -2.37. The van der Waals surface area contributed by atoms with Crippen molar-refractivity contribution >= 4 is 34.3 Å². The second-order valence-corrected chi connectivity index (χ2v) is 5.79. The highest BCUT2D eigenvalue weighted by atomic mass is 127. The normalized spacial score (nSPS) is 34.5. The molecule has 2 N–H and O–H groups in total. The first-order valence-corrected chi connectivity index (χ1v) is 7.84. The van der Waals surface area contributed by atoms with Crippen LogP contribution >= 0.6 is 22.6 Å². The van der Waals surface area contributed by atoms with Gasteiger partial charge in [0.15, 0.2) is 17.2 Å². The Kier molecular flexibility index (Phi) is 5.93. The fraction of sp³-hybridized carbons (Fsp3) is 0.667. The molecule has 1 rings (SSSR count). The number of ether oxygens (including phenoxy) is 1. The van der Waals surface area contributed by atoms with Gasteiger partial charge in [0.1, 0.15) is 12.2 Å². The molecule has 0 bridgehead atoms. The third-order valence-corrected chi connectivity index (χ3v) is 4.47. The van der Waals surface area contributed by atoms with Crippen LogP contribution in [-0.4, -0.2) is 54.9 Å². The van der Waals surface area contributed by atoms with E-state index in [2.05, 4.69) is 10.0 Å². The van der Waals surface area contributed by atoms with Gasteiger partial charge in [0.25, 0.3) is 0 Å².